The standard InChI is InChI=1S/C15H20F2O3/c1-8(2)9-5-10(14(16)17)13(20)11(6-9)15(3,4)7-12(18)19/h5-6,8,14,20H,7H2,1-4H3,(H,18,19). The molecule has 1 rings (SSSR count). The van der Waals surface area contributed by atoms with E-state index < -0.39 is 29.1 Å². The van der Waals surface area contributed by atoms with E-state index in [1.807, 2.05) is 13.8 Å². The number of aromatic hydroxyl groups is 1. The summed E-state index contributed by atoms with van der Waals surface area (Å²) in [5.41, 5.74) is -0.456. The van der Waals surface area contributed by atoms with Gasteiger partial charge in [-0.3, -0.25) is 4.79 Å². The van der Waals surface area contributed by atoms with Gasteiger partial charge in [0.2, 0.25) is 0 Å². The molecule has 1 aromatic carbocycles. The summed E-state index contributed by atoms with van der Waals surface area (Å²) in [6.45, 7) is 6.95. The number of hydrogen-bond donors (Lipinski definition) is 2. The molecule has 3 nitrogen and oxygen atoms in total. The van der Waals surface area contributed by atoms with Crippen LogP contribution in [0.5, 0.6) is 5.75 Å². The van der Waals surface area contributed by atoms with Crippen molar-refractivity contribution in [3.8, 4) is 5.75 Å². The van der Waals surface area contributed by atoms with Crippen LogP contribution >= 0.6 is 0 Å². The quantitative estimate of drug-likeness (QED) is 0.852. The number of benzene rings is 1. The first-order valence-electron chi connectivity index (χ1n) is 6.43. The fraction of sp³-hybridized carbons (Fsp3) is 0.533. The molecular weight excluding hydrogens is 266 g/mol. The number of carboxylic acid groups (broad SMARTS) is 1. The van der Waals surface area contributed by atoms with Crippen molar-refractivity contribution < 1.29 is 23.8 Å². The number of alkyl halides is 2. The molecule has 0 aliphatic heterocycles. The minimum absolute atomic E-state index is 0.00692. The van der Waals surface area contributed by atoms with Crippen molar-refractivity contribution >= 4 is 5.97 Å². The van der Waals surface area contributed by atoms with Crippen molar-refractivity contribution in [2.45, 2.75) is 51.9 Å². The Balaban J connectivity index is 3.48. The van der Waals surface area contributed by atoms with Crippen molar-refractivity contribution in [3.05, 3.63) is 28.8 Å². The largest absolute Gasteiger partial charge is 0.507 e. The lowest BCUT2D eigenvalue weighted by molar-refractivity contribution is -0.138. The molecule has 0 spiro atoms. The Morgan fingerprint density at radius 3 is 2.25 bits per heavy atom. The van der Waals surface area contributed by atoms with Gasteiger partial charge in [-0.15, -0.1) is 0 Å². The Hall–Kier alpha value is -1.65. The monoisotopic (exact) mass is 286 g/mol. The number of aliphatic carboxylic acids is 1. The molecule has 1 aromatic rings. The van der Waals surface area contributed by atoms with Gasteiger partial charge >= 0.3 is 5.97 Å². The maximum Gasteiger partial charge on any atom is 0.304 e. The lowest BCUT2D eigenvalue weighted by atomic mass is 9.78. The van der Waals surface area contributed by atoms with Crippen LogP contribution in [0, 0.1) is 0 Å². The van der Waals surface area contributed by atoms with Gasteiger partial charge in [0.25, 0.3) is 6.43 Å². The van der Waals surface area contributed by atoms with Gasteiger partial charge in [-0.25, -0.2) is 8.78 Å². The lowest BCUT2D eigenvalue weighted by Gasteiger charge is -2.26. The van der Waals surface area contributed by atoms with E-state index in [1.54, 1.807) is 19.9 Å². The first kappa shape index (κ1) is 16.4. The molecule has 0 radical (unpaired) electrons. The Bertz CT molecular complexity index is 508. The average molecular weight is 286 g/mol. The van der Waals surface area contributed by atoms with E-state index in [9.17, 15) is 18.7 Å². The van der Waals surface area contributed by atoms with Crippen LogP contribution in [-0.2, 0) is 10.2 Å². The molecule has 0 aliphatic carbocycles. The summed E-state index contributed by atoms with van der Waals surface area (Å²) < 4.78 is 26.1. The van der Waals surface area contributed by atoms with E-state index >= 15 is 0 Å². The third-order valence-corrected chi connectivity index (χ3v) is 3.39. The zero-order valence-corrected chi connectivity index (χ0v) is 12.1. The molecule has 0 fully saturated rings. The average Bonchev–Trinajstić information content (AvgIpc) is 2.26. The zero-order chi connectivity index (χ0) is 15.7. The van der Waals surface area contributed by atoms with E-state index in [4.69, 9.17) is 5.11 Å². The smallest absolute Gasteiger partial charge is 0.304 e. The van der Waals surface area contributed by atoms with Gasteiger partial charge in [0, 0.05) is 11.0 Å². The zero-order valence-electron chi connectivity index (χ0n) is 12.1. The molecule has 0 unspecified atom stereocenters. The molecular formula is C15H20F2O3. The summed E-state index contributed by atoms with van der Waals surface area (Å²) in [4.78, 5) is 10.9. The number of halogens is 2. The molecule has 0 aromatic heterocycles. The van der Waals surface area contributed by atoms with Crippen molar-refractivity contribution in [2.75, 3.05) is 0 Å². The van der Waals surface area contributed by atoms with Crippen LogP contribution in [0.3, 0.4) is 0 Å². The Morgan fingerprint density at radius 1 is 1.30 bits per heavy atom. The summed E-state index contributed by atoms with van der Waals surface area (Å²) in [6.07, 6.45) is -3.04. The van der Waals surface area contributed by atoms with Gasteiger partial charge in [-0.1, -0.05) is 33.8 Å². The Labute approximate surface area is 117 Å². The third kappa shape index (κ3) is 3.46. The second-order valence-electron chi connectivity index (χ2n) is 5.92. The Morgan fingerprint density at radius 2 is 1.85 bits per heavy atom. The van der Waals surface area contributed by atoms with Crippen LogP contribution in [0.4, 0.5) is 8.78 Å². The first-order chi connectivity index (χ1) is 9.06. The highest BCUT2D eigenvalue weighted by Crippen LogP contribution is 2.41. The highest BCUT2D eigenvalue weighted by atomic mass is 19.3. The Kier molecular flexibility index (Phi) is 4.73. The third-order valence-electron chi connectivity index (χ3n) is 3.39. The SMILES string of the molecule is CC(C)c1cc(C(F)F)c(O)c(C(C)(C)CC(=O)O)c1. The minimum Gasteiger partial charge on any atom is -0.507 e. The predicted molar refractivity (Wildman–Crippen MR) is 72.4 cm³/mol. The molecule has 0 bridgehead atoms. The van der Waals surface area contributed by atoms with E-state index in [0.717, 1.165) is 0 Å². The van der Waals surface area contributed by atoms with Gasteiger partial charge < -0.3 is 10.2 Å². The highest BCUT2D eigenvalue weighted by molar-refractivity contribution is 5.69. The molecule has 0 aliphatic rings. The number of carboxylic acids is 1. The minimum atomic E-state index is -2.80. The normalized spacial score (nSPS) is 12.2. The van der Waals surface area contributed by atoms with Gasteiger partial charge in [0.05, 0.1) is 12.0 Å². The van der Waals surface area contributed by atoms with Gasteiger partial charge in [0.1, 0.15) is 5.75 Å². The fourth-order valence-corrected chi connectivity index (χ4v) is 2.17. The summed E-state index contributed by atoms with van der Waals surface area (Å²) in [5, 5.41) is 19.0. The fourth-order valence-electron chi connectivity index (χ4n) is 2.17. The van der Waals surface area contributed by atoms with Crippen LogP contribution in [-0.4, -0.2) is 16.2 Å². The number of hydrogen-bond acceptors (Lipinski definition) is 2. The second-order valence-corrected chi connectivity index (χ2v) is 5.92. The van der Waals surface area contributed by atoms with Gasteiger partial charge in [-0.05, 0) is 17.5 Å². The second kappa shape index (κ2) is 5.77. The number of rotatable bonds is 5. The highest BCUT2D eigenvalue weighted by Gasteiger charge is 2.30. The van der Waals surface area contributed by atoms with Crippen LogP contribution in [0.1, 0.15) is 63.1 Å². The van der Waals surface area contributed by atoms with Crippen LogP contribution in [0.25, 0.3) is 0 Å². The molecule has 0 atom stereocenters. The van der Waals surface area contributed by atoms with E-state index in [1.165, 1.54) is 6.07 Å². The number of phenolic OH excluding ortho intramolecular Hbond substituents is 1. The molecule has 0 amide bonds. The summed E-state index contributed by atoms with van der Waals surface area (Å²) >= 11 is 0. The molecule has 20 heavy (non-hydrogen) atoms. The summed E-state index contributed by atoms with van der Waals surface area (Å²) in [6, 6.07) is 2.90. The van der Waals surface area contributed by atoms with Gasteiger partial charge in [0.15, 0.2) is 0 Å². The number of phenols is 1. The number of carbonyl (C=O) groups is 1. The molecule has 0 heterocycles. The van der Waals surface area contributed by atoms with Crippen LogP contribution < -0.4 is 0 Å². The van der Waals surface area contributed by atoms with Gasteiger partial charge in [-0.2, -0.15) is 0 Å². The van der Waals surface area contributed by atoms with E-state index in [2.05, 4.69) is 0 Å². The van der Waals surface area contributed by atoms with Crippen molar-refractivity contribution in [1.82, 2.24) is 0 Å². The topological polar surface area (TPSA) is 57.5 Å². The first-order valence-corrected chi connectivity index (χ1v) is 6.43. The maximum atomic E-state index is 13.0. The van der Waals surface area contributed by atoms with E-state index in [0.29, 0.717) is 5.56 Å². The van der Waals surface area contributed by atoms with E-state index in [-0.39, 0.29) is 17.9 Å². The molecule has 5 heteroatoms. The predicted octanol–water partition coefficient (Wildman–Crippen LogP) is 4.21. The molecule has 112 valence electrons. The van der Waals surface area contributed by atoms with Crippen molar-refractivity contribution in [3.63, 3.8) is 0 Å². The van der Waals surface area contributed by atoms with Crippen LogP contribution in [0.15, 0.2) is 12.1 Å². The lowest BCUT2D eigenvalue weighted by Crippen LogP contribution is -2.22. The van der Waals surface area contributed by atoms with Crippen molar-refractivity contribution in [1.29, 1.82) is 0 Å². The summed E-state index contributed by atoms with van der Waals surface area (Å²) in [5.74, 6) is -1.54. The van der Waals surface area contributed by atoms with Crippen molar-refractivity contribution in [2.24, 2.45) is 0 Å². The maximum absolute atomic E-state index is 13.0. The molecule has 0 saturated carbocycles. The van der Waals surface area contributed by atoms with Crippen LogP contribution in [0.2, 0.25) is 0 Å². The summed E-state index contributed by atoms with van der Waals surface area (Å²) in [7, 11) is 0. The molecule has 0 saturated heterocycles. The molecule has 2 N–H and O–H groups in total.